The van der Waals surface area contributed by atoms with Crippen molar-refractivity contribution < 1.29 is 19.1 Å². The molecule has 0 saturated heterocycles. The van der Waals surface area contributed by atoms with Gasteiger partial charge >= 0.3 is 5.97 Å². The number of methoxy groups -OCH3 is 1. The Balaban J connectivity index is 2.70. The first kappa shape index (κ1) is 14.7. The monoisotopic (exact) mass is 276 g/mol. The van der Waals surface area contributed by atoms with Crippen molar-refractivity contribution in [2.24, 2.45) is 22.2 Å². The Morgan fingerprint density at radius 2 is 2.05 bits per heavy atom. The average Bonchev–Trinajstić information content (AvgIpc) is 2.62. The number of rotatable bonds is 2. The zero-order valence-electron chi connectivity index (χ0n) is 12.4. The lowest BCUT2D eigenvalue weighted by molar-refractivity contribution is -0.162. The summed E-state index contributed by atoms with van der Waals surface area (Å²) in [5.41, 5.74) is -1.83. The van der Waals surface area contributed by atoms with Gasteiger partial charge in [0.15, 0.2) is 5.78 Å². The predicted octanol–water partition coefficient (Wildman–Crippen LogP) is 2.09. The average molecular weight is 276 g/mol. The van der Waals surface area contributed by atoms with Crippen LogP contribution in [0.1, 0.15) is 27.2 Å². The van der Waals surface area contributed by atoms with E-state index < -0.39 is 28.1 Å². The third-order valence-corrected chi connectivity index (χ3v) is 5.37. The maximum atomic E-state index is 12.3. The van der Waals surface area contributed by atoms with Crippen molar-refractivity contribution in [3.05, 3.63) is 24.3 Å². The molecule has 4 atom stereocenters. The molecule has 0 amide bonds. The Labute approximate surface area is 118 Å². The van der Waals surface area contributed by atoms with Crippen molar-refractivity contribution in [2.75, 3.05) is 7.11 Å². The number of carbonyl (C=O) groups excluding carboxylic acids is 3. The summed E-state index contributed by atoms with van der Waals surface area (Å²) in [5, 5.41) is 0. The number of hydrogen-bond acceptors (Lipinski definition) is 4. The van der Waals surface area contributed by atoms with Gasteiger partial charge in [0.05, 0.1) is 7.11 Å². The first-order chi connectivity index (χ1) is 9.17. The number of hydrogen-bond donors (Lipinski definition) is 0. The third kappa shape index (κ3) is 1.45. The second kappa shape index (κ2) is 4.14. The van der Waals surface area contributed by atoms with Crippen LogP contribution >= 0.6 is 0 Å². The van der Waals surface area contributed by atoms with Gasteiger partial charge in [-0.3, -0.25) is 9.59 Å². The van der Waals surface area contributed by atoms with E-state index in [4.69, 9.17) is 4.74 Å². The van der Waals surface area contributed by atoms with Crippen LogP contribution < -0.4 is 0 Å². The lowest BCUT2D eigenvalue weighted by Gasteiger charge is -2.47. The van der Waals surface area contributed by atoms with E-state index in [1.807, 2.05) is 13.8 Å². The van der Waals surface area contributed by atoms with Gasteiger partial charge in [0.1, 0.15) is 11.7 Å². The lowest BCUT2D eigenvalue weighted by atomic mass is 9.54. The molecule has 108 valence electrons. The first-order valence-electron chi connectivity index (χ1n) is 6.63. The number of ether oxygens (including phenoxy) is 1. The minimum Gasteiger partial charge on any atom is -0.468 e. The Kier molecular flexibility index (Phi) is 3.04. The van der Waals surface area contributed by atoms with Gasteiger partial charge in [0.25, 0.3) is 0 Å². The molecule has 2 aliphatic carbocycles. The maximum absolute atomic E-state index is 12.3. The largest absolute Gasteiger partial charge is 0.468 e. The molecule has 1 saturated carbocycles. The van der Waals surface area contributed by atoms with Gasteiger partial charge in [-0.05, 0) is 19.4 Å². The number of ketones is 1. The van der Waals surface area contributed by atoms with E-state index in [0.29, 0.717) is 6.42 Å². The standard InChI is InChI=1S/C16H20O4/c1-10-8-14(2,9-17)15(3)7-6-11(18)16(4,12(10)15)13(19)20-5/h6-7,9,12H,1,8H2,2-5H3/t12-,14+,15-,16+/m0/s1. The topological polar surface area (TPSA) is 60.4 Å². The molecule has 0 bridgehead atoms. The second-order valence-electron chi connectivity index (χ2n) is 6.48. The van der Waals surface area contributed by atoms with Crippen LogP contribution in [0.15, 0.2) is 24.3 Å². The molecule has 0 heterocycles. The molecule has 1 fully saturated rings. The molecular formula is C16H20O4. The van der Waals surface area contributed by atoms with Gasteiger partial charge in [-0.25, -0.2) is 0 Å². The Morgan fingerprint density at radius 3 is 2.55 bits per heavy atom. The quantitative estimate of drug-likeness (QED) is 0.335. The van der Waals surface area contributed by atoms with Crippen molar-refractivity contribution in [1.82, 2.24) is 0 Å². The molecule has 0 unspecified atom stereocenters. The summed E-state index contributed by atoms with van der Waals surface area (Å²) < 4.78 is 4.84. The molecule has 0 N–H and O–H groups in total. The zero-order valence-corrected chi connectivity index (χ0v) is 12.4. The molecule has 0 aromatic carbocycles. The van der Waals surface area contributed by atoms with Crippen molar-refractivity contribution in [1.29, 1.82) is 0 Å². The van der Waals surface area contributed by atoms with Crippen LogP contribution in [0.3, 0.4) is 0 Å². The fourth-order valence-corrected chi connectivity index (χ4v) is 3.98. The van der Waals surface area contributed by atoms with Gasteiger partial charge in [0, 0.05) is 16.7 Å². The third-order valence-electron chi connectivity index (χ3n) is 5.37. The summed E-state index contributed by atoms with van der Waals surface area (Å²) in [6.45, 7) is 9.37. The Bertz CT molecular complexity index is 547. The van der Waals surface area contributed by atoms with Gasteiger partial charge in [-0.15, -0.1) is 0 Å². The van der Waals surface area contributed by atoms with E-state index in [-0.39, 0.29) is 5.78 Å². The highest BCUT2D eigenvalue weighted by atomic mass is 16.5. The normalized spacial score (nSPS) is 43.3. The van der Waals surface area contributed by atoms with Crippen LogP contribution in [-0.2, 0) is 19.1 Å². The fraction of sp³-hybridized carbons (Fsp3) is 0.562. The van der Waals surface area contributed by atoms with Crippen LogP contribution in [0.5, 0.6) is 0 Å². The van der Waals surface area contributed by atoms with E-state index in [2.05, 4.69) is 6.58 Å². The molecule has 0 radical (unpaired) electrons. The summed E-state index contributed by atoms with van der Waals surface area (Å²) in [5.74, 6) is -1.28. The van der Waals surface area contributed by atoms with Crippen molar-refractivity contribution in [2.45, 2.75) is 27.2 Å². The van der Waals surface area contributed by atoms with Gasteiger partial charge < -0.3 is 9.53 Å². The highest BCUT2D eigenvalue weighted by molar-refractivity contribution is 6.10. The summed E-state index contributed by atoms with van der Waals surface area (Å²) in [7, 11) is 1.27. The van der Waals surface area contributed by atoms with E-state index in [1.54, 1.807) is 13.0 Å². The summed E-state index contributed by atoms with van der Waals surface area (Å²) in [4.78, 5) is 36.1. The second-order valence-corrected chi connectivity index (χ2v) is 6.48. The SMILES string of the molecule is C=C1C[C@](C)(C=O)[C@@]2(C)C=CC(=O)[C@@](C)(C(=O)OC)[C@@H]12. The molecule has 0 spiro atoms. The molecule has 4 nitrogen and oxygen atoms in total. The molecule has 0 aromatic heterocycles. The van der Waals surface area contributed by atoms with Crippen LogP contribution in [0.25, 0.3) is 0 Å². The highest BCUT2D eigenvalue weighted by Crippen LogP contribution is 2.65. The molecular weight excluding hydrogens is 256 g/mol. The summed E-state index contributed by atoms with van der Waals surface area (Å²) in [6, 6.07) is 0. The fourth-order valence-electron chi connectivity index (χ4n) is 3.98. The van der Waals surface area contributed by atoms with Crippen molar-refractivity contribution in [3.63, 3.8) is 0 Å². The smallest absolute Gasteiger partial charge is 0.320 e. The molecule has 0 aliphatic heterocycles. The minimum atomic E-state index is -1.31. The number of carbonyl (C=O) groups is 3. The van der Waals surface area contributed by atoms with Crippen LogP contribution in [0, 0.1) is 22.2 Å². The summed E-state index contributed by atoms with van der Waals surface area (Å²) in [6.07, 6.45) is 4.56. The van der Waals surface area contributed by atoms with Crippen LogP contribution in [-0.4, -0.2) is 25.1 Å². The van der Waals surface area contributed by atoms with E-state index in [9.17, 15) is 14.4 Å². The van der Waals surface area contributed by atoms with E-state index in [0.717, 1.165) is 11.9 Å². The number of fused-ring (bicyclic) bond motifs is 1. The molecule has 4 heteroatoms. The van der Waals surface area contributed by atoms with E-state index in [1.165, 1.54) is 13.2 Å². The van der Waals surface area contributed by atoms with Gasteiger partial charge in [-0.2, -0.15) is 0 Å². The highest BCUT2D eigenvalue weighted by Gasteiger charge is 2.66. The van der Waals surface area contributed by atoms with Gasteiger partial charge in [0.2, 0.25) is 0 Å². The van der Waals surface area contributed by atoms with Crippen molar-refractivity contribution >= 4 is 18.0 Å². The number of esters is 1. The maximum Gasteiger partial charge on any atom is 0.320 e. The Morgan fingerprint density at radius 1 is 1.45 bits per heavy atom. The lowest BCUT2D eigenvalue weighted by Crippen LogP contribution is -2.53. The number of allylic oxidation sites excluding steroid dienone is 3. The minimum absolute atomic E-state index is 0.289. The first-order valence-corrected chi connectivity index (χ1v) is 6.63. The Hall–Kier alpha value is -1.71. The molecule has 20 heavy (non-hydrogen) atoms. The molecule has 2 rings (SSSR count). The van der Waals surface area contributed by atoms with Gasteiger partial charge in [-0.1, -0.05) is 32.1 Å². The number of aldehydes is 1. The summed E-state index contributed by atoms with van der Waals surface area (Å²) >= 11 is 0. The molecule has 0 aromatic rings. The van der Waals surface area contributed by atoms with E-state index >= 15 is 0 Å². The molecule has 2 aliphatic rings. The predicted molar refractivity (Wildman–Crippen MR) is 73.8 cm³/mol. The van der Waals surface area contributed by atoms with Crippen LogP contribution in [0.4, 0.5) is 0 Å². The van der Waals surface area contributed by atoms with Crippen LogP contribution in [0.2, 0.25) is 0 Å². The van der Waals surface area contributed by atoms with Crippen molar-refractivity contribution in [3.8, 4) is 0 Å². The zero-order chi connectivity index (χ0) is 15.3.